The standard InChI is InChI=1S/C25H33N3O4/c1-28(2)21-11-9-20(10-12-21)27-25(30)18-7-5-6-17(14-18)16-26-24(29)19-8-13-22(31-3)23(15-19)32-4/h5-8,13-15,20-21H,9-12,16H2,1-4H3,(H,26,29)(H,27,30)/t20-,21-. The van der Waals surface area contributed by atoms with Gasteiger partial charge in [0.05, 0.1) is 14.2 Å². The summed E-state index contributed by atoms with van der Waals surface area (Å²) in [5.74, 6) is 0.779. The van der Waals surface area contributed by atoms with Gasteiger partial charge in [-0.1, -0.05) is 12.1 Å². The second-order valence-corrected chi connectivity index (χ2v) is 8.40. The predicted molar refractivity (Wildman–Crippen MR) is 124 cm³/mol. The van der Waals surface area contributed by atoms with Crippen LogP contribution in [0.2, 0.25) is 0 Å². The summed E-state index contributed by atoms with van der Waals surface area (Å²) in [6.07, 6.45) is 4.19. The van der Waals surface area contributed by atoms with Crippen molar-refractivity contribution in [1.82, 2.24) is 15.5 Å². The first-order valence-electron chi connectivity index (χ1n) is 11.0. The molecule has 0 aliphatic heterocycles. The highest BCUT2D eigenvalue weighted by Crippen LogP contribution is 2.27. The molecule has 0 bridgehead atoms. The number of nitrogens with zero attached hydrogens (tertiary/aromatic N) is 1. The fourth-order valence-electron chi connectivity index (χ4n) is 4.09. The molecule has 0 aromatic heterocycles. The van der Waals surface area contributed by atoms with Gasteiger partial charge in [0, 0.05) is 29.8 Å². The molecule has 7 heteroatoms. The van der Waals surface area contributed by atoms with E-state index in [0.29, 0.717) is 35.2 Å². The average molecular weight is 440 g/mol. The zero-order valence-corrected chi connectivity index (χ0v) is 19.3. The molecule has 32 heavy (non-hydrogen) atoms. The number of benzene rings is 2. The Balaban J connectivity index is 1.56. The van der Waals surface area contributed by atoms with E-state index in [1.165, 1.54) is 7.11 Å². The third kappa shape index (κ3) is 6.01. The smallest absolute Gasteiger partial charge is 0.251 e. The van der Waals surface area contributed by atoms with Crippen molar-refractivity contribution in [2.24, 2.45) is 0 Å². The lowest BCUT2D eigenvalue weighted by Crippen LogP contribution is -2.41. The molecule has 0 spiro atoms. The number of nitrogens with one attached hydrogen (secondary N) is 2. The first kappa shape index (κ1) is 23.6. The van der Waals surface area contributed by atoms with Crippen LogP contribution in [0.3, 0.4) is 0 Å². The van der Waals surface area contributed by atoms with E-state index in [1.54, 1.807) is 31.4 Å². The number of ether oxygens (including phenoxy) is 2. The van der Waals surface area contributed by atoms with Gasteiger partial charge < -0.3 is 25.0 Å². The third-order valence-corrected chi connectivity index (χ3v) is 6.05. The van der Waals surface area contributed by atoms with Crippen LogP contribution in [0.4, 0.5) is 0 Å². The van der Waals surface area contributed by atoms with Gasteiger partial charge in [-0.3, -0.25) is 9.59 Å². The summed E-state index contributed by atoms with van der Waals surface area (Å²) in [6, 6.07) is 13.2. The van der Waals surface area contributed by atoms with Gasteiger partial charge in [0.1, 0.15) is 0 Å². The van der Waals surface area contributed by atoms with E-state index in [9.17, 15) is 9.59 Å². The molecular formula is C25H33N3O4. The molecule has 1 fully saturated rings. The van der Waals surface area contributed by atoms with E-state index in [1.807, 2.05) is 18.2 Å². The topological polar surface area (TPSA) is 79.9 Å². The normalized spacial score (nSPS) is 18.2. The fourth-order valence-corrected chi connectivity index (χ4v) is 4.09. The molecule has 0 radical (unpaired) electrons. The first-order valence-corrected chi connectivity index (χ1v) is 11.0. The van der Waals surface area contributed by atoms with Gasteiger partial charge >= 0.3 is 0 Å². The molecule has 0 unspecified atom stereocenters. The van der Waals surface area contributed by atoms with Crippen LogP contribution in [0.5, 0.6) is 11.5 Å². The summed E-state index contributed by atoms with van der Waals surface area (Å²) in [4.78, 5) is 27.5. The van der Waals surface area contributed by atoms with Crippen LogP contribution < -0.4 is 20.1 Å². The molecule has 7 nitrogen and oxygen atoms in total. The SMILES string of the molecule is COc1ccc(C(=O)NCc2cccc(C(=O)N[C@H]3CC[C@H](N(C)C)CC3)c2)cc1OC. The van der Waals surface area contributed by atoms with Crippen molar-refractivity contribution in [3.8, 4) is 11.5 Å². The maximum Gasteiger partial charge on any atom is 0.251 e. The Morgan fingerprint density at radius 2 is 1.59 bits per heavy atom. The van der Waals surface area contributed by atoms with Crippen LogP contribution in [0.1, 0.15) is 52.0 Å². The summed E-state index contributed by atoms with van der Waals surface area (Å²) < 4.78 is 10.5. The van der Waals surface area contributed by atoms with Gasteiger partial charge in [-0.2, -0.15) is 0 Å². The van der Waals surface area contributed by atoms with E-state index in [0.717, 1.165) is 31.2 Å². The molecule has 172 valence electrons. The van der Waals surface area contributed by atoms with Gasteiger partial charge in [-0.15, -0.1) is 0 Å². The Kier molecular flexibility index (Phi) is 8.11. The molecule has 1 saturated carbocycles. The van der Waals surface area contributed by atoms with Crippen molar-refractivity contribution in [3.63, 3.8) is 0 Å². The van der Waals surface area contributed by atoms with Crippen LogP contribution in [0.15, 0.2) is 42.5 Å². The molecule has 1 aliphatic carbocycles. The average Bonchev–Trinajstić information content (AvgIpc) is 2.82. The van der Waals surface area contributed by atoms with Crippen LogP contribution >= 0.6 is 0 Å². The minimum absolute atomic E-state index is 0.0635. The van der Waals surface area contributed by atoms with Crippen molar-refractivity contribution in [3.05, 3.63) is 59.2 Å². The van der Waals surface area contributed by atoms with Crippen molar-refractivity contribution < 1.29 is 19.1 Å². The molecular weight excluding hydrogens is 406 g/mol. The van der Waals surface area contributed by atoms with Crippen LogP contribution in [-0.4, -0.2) is 57.1 Å². The van der Waals surface area contributed by atoms with Gasteiger partial charge in [0.15, 0.2) is 11.5 Å². The van der Waals surface area contributed by atoms with Crippen LogP contribution in [-0.2, 0) is 6.54 Å². The number of hydrogen-bond acceptors (Lipinski definition) is 5. The molecule has 1 aliphatic rings. The Morgan fingerprint density at radius 3 is 2.25 bits per heavy atom. The summed E-state index contributed by atoms with van der Waals surface area (Å²) in [5, 5.41) is 6.06. The first-order chi connectivity index (χ1) is 15.4. The summed E-state index contributed by atoms with van der Waals surface area (Å²) >= 11 is 0. The Morgan fingerprint density at radius 1 is 0.906 bits per heavy atom. The highest BCUT2D eigenvalue weighted by Gasteiger charge is 2.23. The van der Waals surface area contributed by atoms with E-state index in [2.05, 4.69) is 29.6 Å². The number of methoxy groups -OCH3 is 2. The van der Waals surface area contributed by atoms with E-state index in [4.69, 9.17) is 9.47 Å². The Hall–Kier alpha value is -3.06. The number of carbonyl (C=O) groups is 2. The minimum atomic E-state index is -0.224. The van der Waals surface area contributed by atoms with Crippen LogP contribution in [0.25, 0.3) is 0 Å². The van der Waals surface area contributed by atoms with Crippen molar-refractivity contribution in [2.45, 2.75) is 44.3 Å². The third-order valence-electron chi connectivity index (χ3n) is 6.05. The molecule has 0 saturated heterocycles. The molecule has 2 aromatic rings. The van der Waals surface area contributed by atoms with Crippen molar-refractivity contribution in [2.75, 3.05) is 28.3 Å². The second kappa shape index (κ2) is 11.0. The lowest BCUT2D eigenvalue weighted by Gasteiger charge is -2.33. The summed E-state index contributed by atoms with van der Waals surface area (Å²) in [7, 11) is 7.30. The summed E-state index contributed by atoms with van der Waals surface area (Å²) in [6.45, 7) is 0.322. The molecule has 2 N–H and O–H groups in total. The van der Waals surface area contributed by atoms with E-state index < -0.39 is 0 Å². The Labute approximate surface area is 190 Å². The van der Waals surface area contributed by atoms with Gasteiger partial charge in [0.25, 0.3) is 11.8 Å². The largest absolute Gasteiger partial charge is 0.493 e. The van der Waals surface area contributed by atoms with Crippen LogP contribution in [0, 0.1) is 0 Å². The highest BCUT2D eigenvalue weighted by atomic mass is 16.5. The maximum atomic E-state index is 12.7. The highest BCUT2D eigenvalue weighted by molar-refractivity contribution is 5.95. The zero-order valence-electron chi connectivity index (χ0n) is 19.3. The van der Waals surface area contributed by atoms with E-state index in [-0.39, 0.29) is 17.9 Å². The lowest BCUT2D eigenvalue weighted by atomic mass is 9.90. The predicted octanol–water partition coefficient (Wildman–Crippen LogP) is 3.24. The zero-order chi connectivity index (χ0) is 23.1. The van der Waals surface area contributed by atoms with Crippen molar-refractivity contribution in [1.29, 1.82) is 0 Å². The molecule has 0 heterocycles. The number of amides is 2. The van der Waals surface area contributed by atoms with E-state index >= 15 is 0 Å². The quantitative estimate of drug-likeness (QED) is 0.660. The number of rotatable bonds is 8. The lowest BCUT2D eigenvalue weighted by molar-refractivity contribution is 0.0915. The minimum Gasteiger partial charge on any atom is -0.493 e. The van der Waals surface area contributed by atoms with Gasteiger partial charge in [-0.25, -0.2) is 0 Å². The molecule has 3 rings (SSSR count). The maximum absolute atomic E-state index is 12.7. The molecule has 2 aromatic carbocycles. The fraction of sp³-hybridized carbons (Fsp3) is 0.440. The Bertz CT molecular complexity index is 937. The second-order valence-electron chi connectivity index (χ2n) is 8.40. The molecule has 0 atom stereocenters. The monoisotopic (exact) mass is 439 g/mol. The summed E-state index contributed by atoms with van der Waals surface area (Å²) in [5.41, 5.74) is 1.95. The van der Waals surface area contributed by atoms with Gasteiger partial charge in [0.2, 0.25) is 0 Å². The van der Waals surface area contributed by atoms with Crippen molar-refractivity contribution >= 4 is 11.8 Å². The van der Waals surface area contributed by atoms with Gasteiger partial charge in [-0.05, 0) is 75.7 Å². The number of carbonyl (C=O) groups excluding carboxylic acids is 2. The molecule has 2 amide bonds. The number of hydrogen-bond donors (Lipinski definition) is 2.